The lowest BCUT2D eigenvalue weighted by molar-refractivity contribution is -0.384. The number of rotatable bonds is 4. The van der Waals surface area contributed by atoms with Crippen LogP contribution in [-0.2, 0) is 0 Å². The molecular weight excluding hydrogens is 440 g/mol. The first-order valence-electron chi connectivity index (χ1n) is 8.65. The molecule has 8 nitrogen and oxygen atoms in total. The Morgan fingerprint density at radius 2 is 1.90 bits per heavy atom. The van der Waals surface area contributed by atoms with Crippen molar-refractivity contribution in [3.63, 3.8) is 0 Å². The summed E-state index contributed by atoms with van der Waals surface area (Å²) in [5, 5.41) is 18.9. The van der Waals surface area contributed by atoms with E-state index in [2.05, 4.69) is 26.3 Å². The van der Waals surface area contributed by atoms with E-state index >= 15 is 0 Å². The van der Waals surface area contributed by atoms with Gasteiger partial charge in [0.1, 0.15) is 11.4 Å². The molecule has 1 amide bonds. The van der Waals surface area contributed by atoms with Crippen LogP contribution in [0.1, 0.15) is 21.8 Å². The number of hydrogen-bond acceptors (Lipinski definition) is 5. The van der Waals surface area contributed by atoms with Gasteiger partial charge in [-0.25, -0.2) is 4.68 Å². The molecule has 2 aromatic carbocycles. The fourth-order valence-corrected chi connectivity index (χ4v) is 3.44. The minimum Gasteiger partial charge on any atom is -0.451 e. The van der Waals surface area contributed by atoms with Crippen molar-refractivity contribution in [2.24, 2.45) is 0 Å². The molecule has 29 heavy (non-hydrogen) atoms. The number of aromatic nitrogens is 2. The highest BCUT2D eigenvalue weighted by atomic mass is 79.9. The van der Waals surface area contributed by atoms with Gasteiger partial charge in [0.25, 0.3) is 11.6 Å². The normalized spacial score (nSPS) is 11.0. The van der Waals surface area contributed by atoms with E-state index in [1.54, 1.807) is 31.2 Å². The summed E-state index contributed by atoms with van der Waals surface area (Å²) in [7, 11) is 0. The van der Waals surface area contributed by atoms with E-state index in [0.29, 0.717) is 22.8 Å². The number of carbonyl (C=O) groups excluding carboxylic acids is 1. The number of anilines is 1. The molecule has 0 atom stereocenters. The van der Waals surface area contributed by atoms with E-state index in [0.717, 1.165) is 15.4 Å². The quantitative estimate of drug-likeness (QED) is 0.338. The lowest BCUT2D eigenvalue weighted by Crippen LogP contribution is -2.15. The Hall–Kier alpha value is -3.46. The fraction of sp³-hybridized carbons (Fsp3) is 0.100. The topological polar surface area (TPSA) is 103 Å². The number of benzene rings is 2. The Balaban J connectivity index is 1.67. The maximum Gasteiger partial charge on any atom is 0.292 e. The molecule has 0 aliphatic carbocycles. The van der Waals surface area contributed by atoms with Crippen LogP contribution in [0.25, 0.3) is 16.7 Å². The summed E-state index contributed by atoms with van der Waals surface area (Å²) in [4.78, 5) is 23.3. The largest absolute Gasteiger partial charge is 0.451 e. The van der Waals surface area contributed by atoms with E-state index in [1.807, 2.05) is 19.1 Å². The van der Waals surface area contributed by atoms with Crippen LogP contribution in [-0.4, -0.2) is 20.6 Å². The number of non-ortho nitro benzene ring substituents is 1. The minimum atomic E-state index is -0.469. The minimum absolute atomic E-state index is 0.0210. The Labute approximate surface area is 173 Å². The Kier molecular flexibility index (Phi) is 4.67. The monoisotopic (exact) mass is 454 g/mol. The Bertz CT molecular complexity index is 1260. The number of nitrogens with one attached hydrogen (secondary N) is 1. The molecule has 0 fully saturated rings. The standard InChI is InChI=1S/C20H15BrN4O4/c1-11-9-18(24(23-11)14-4-6-15(7-5-14)25(27)28)22-20(26)19-12(2)16-10-13(21)3-8-17(16)29-19/h3-10H,1-2H3,(H,22,26). The molecule has 0 saturated carbocycles. The number of halogens is 1. The zero-order valence-electron chi connectivity index (χ0n) is 15.5. The van der Waals surface area contributed by atoms with Crippen molar-refractivity contribution in [3.8, 4) is 5.69 Å². The van der Waals surface area contributed by atoms with Gasteiger partial charge in [0.2, 0.25) is 0 Å². The summed E-state index contributed by atoms with van der Waals surface area (Å²) in [5.74, 6) is 0.243. The molecule has 4 rings (SSSR count). The van der Waals surface area contributed by atoms with Crippen molar-refractivity contribution in [2.45, 2.75) is 13.8 Å². The molecule has 0 aliphatic heterocycles. The van der Waals surface area contributed by atoms with Crippen molar-refractivity contribution in [1.82, 2.24) is 9.78 Å². The third-order valence-corrected chi connectivity index (χ3v) is 4.98. The lowest BCUT2D eigenvalue weighted by Gasteiger charge is -2.08. The Morgan fingerprint density at radius 1 is 1.17 bits per heavy atom. The van der Waals surface area contributed by atoms with Crippen molar-refractivity contribution in [1.29, 1.82) is 0 Å². The van der Waals surface area contributed by atoms with Gasteiger partial charge in [0.15, 0.2) is 5.76 Å². The van der Waals surface area contributed by atoms with Gasteiger partial charge in [-0.15, -0.1) is 0 Å². The first-order valence-corrected chi connectivity index (χ1v) is 9.44. The van der Waals surface area contributed by atoms with Crippen LogP contribution in [0.4, 0.5) is 11.5 Å². The van der Waals surface area contributed by atoms with Crippen LogP contribution in [0.3, 0.4) is 0 Å². The molecule has 2 heterocycles. The van der Waals surface area contributed by atoms with Crippen molar-refractivity contribution in [2.75, 3.05) is 5.32 Å². The van der Waals surface area contributed by atoms with Crippen molar-refractivity contribution in [3.05, 3.63) is 80.1 Å². The maximum absolute atomic E-state index is 12.9. The number of furan rings is 1. The predicted octanol–water partition coefficient (Wildman–Crippen LogP) is 5.16. The first kappa shape index (κ1) is 18.9. The summed E-state index contributed by atoms with van der Waals surface area (Å²) in [6.45, 7) is 3.62. The van der Waals surface area contributed by atoms with Crippen LogP contribution in [0, 0.1) is 24.0 Å². The predicted molar refractivity (Wildman–Crippen MR) is 112 cm³/mol. The second-order valence-corrected chi connectivity index (χ2v) is 7.42. The SMILES string of the molecule is Cc1cc(NC(=O)c2oc3ccc(Br)cc3c2C)n(-c2ccc([N+](=O)[O-])cc2)n1. The van der Waals surface area contributed by atoms with Crippen molar-refractivity contribution < 1.29 is 14.1 Å². The molecule has 0 saturated heterocycles. The highest BCUT2D eigenvalue weighted by Crippen LogP contribution is 2.29. The number of carbonyl (C=O) groups is 1. The molecule has 9 heteroatoms. The van der Waals surface area contributed by atoms with Gasteiger partial charge in [-0.3, -0.25) is 14.9 Å². The summed E-state index contributed by atoms with van der Waals surface area (Å²) in [5.41, 5.74) is 2.60. The van der Waals surface area contributed by atoms with Crippen LogP contribution < -0.4 is 5.32 Å². The second kappa shape index (κ2) is 7.17. The Morgan fingerprint density at radius 3 is 2.59 bits per heavy atom. The number of nitro groups is 1. The molecule has 1 N–H and O–H groups in total. The van der Waals surface area contributed by atoms with E-state index in [1.165, 1.54) is 16.8 Å². The van der Waals surface area contributed by atoms with Crippen LogP contribution in [0.2, 0.25) is 0 Å². The van der Waals surface area contributed by atoms with E-state index < -0.39 is 10.8 Å². The number of amides is 1. The average Bonchev–Trinajstić information content (AvgIpc) is 3.21. The zero-order valence-corrected chi connectivity index (χ0v) is 17.1. The molecule has 2 aromatic heterocycles. The third-order valence-electron chi connectivity index (χ3n) is 4.48. The number of nitro benzene ring substituents is 1. The number of fused-ring (bicyclic) bond motifs is 1. The first-order chi connectivity index (χ1) is 13.8. The van der Waals surface area contributed by atoms with Gasteiger partial charge in [-0.2, -0.15) is 5.10 Å². The van der Waals surface area contributed by atoms with Gasteiger partial charge in [0.05, 0.1) is 16.3 Å². The highest BCUT2D eigenvalue weighted by molar-refractivity contribution is 9.10. The zero-order chi connectivity index (χ0) is 20.7. The molecule has 0 radical (unpaired) electrons. The third kappa shape index (κ3) is 3.52. The molecule has 4 aromatic rings. The van der Waals surface area contributed by atoms with E-state index in [-0.39, 0.29) is 11.4 Å². The number of hydrogen-bond donors (Lipinski definition) is 1. The smallest absolute Gasteiger partial charge is 0.292 e. The van der Waals surface area contributed by atoms with Crippen LogP contribution in [0.15, 0.2) is 57.4 Å². The average molecular weight is 455 g/mol. The summed E-state index contributed by atoms with van der Waals surface area (Å²) in [6, 6.07) is 13.2. The summed E-state index contributed by atoms with van der Waals surface area (Å²) < 4.78 is 8.16. The van der Waals surface area contributed by atoms with E-state index in [9.17, 15) is 14.9 Å². The van der Waals surface area contributed by atoms with E-state index in [4.69, 9.17) is 4.42 Å². The van der Waals surface area contributed by atoms with Gasteiger partial charge < -0.3 is 9.73 Å². The van der Waals surface area contributed by atoms with Gasteiger partial charge in [-0.05, 0) is 44.2 Å². The second-order valence-electron chi connectivity index (χ2n) is 6.51. The number of aryl methyl sites for hydroxylation is 2. The number of nitrogens with zero attached hydrogens (tertiary/aromatic N) is 3. The van der Waals surface area contributed by atoms with Crippen LogP contribution in [0.5, 0.6) is 0 Å². The molecule has 146 valence electrons. The molecule has 0 spiro atoms. The summed E-state index contributed by atoms with van der Waals surface area (Å²) >= 11 is 3.42. The molecule has 0 aliphatic rings. The van der Waals surface area contributed by atoms with Gasteiger partial charge in [-0.1, -0.05) is 15.9 Å². The maximum atomic E-state index is 12.9. The molecular formula is C20H15BrN4O4. The molecule has 0 unspecified atom stereocenters. The highest BCUT2D eigenvalue weighted by Gasteiger charge is 2.20. The lowest BCUT2D eigenvalue weighted by atomic mass is 10.1. The summed E-state index contributed by atoms with van der Waals surface area (Å²) in [6.07, 6.45) is 0. The van der Waals surface area contributed by atoms with Gasteiger partial charge in [0, 0.05) is 33.6 Å². The van der Waals surface area contributed by atoms with Crippen LogP contribution >= 0.6 is 15.9 Å². The van der Waals surface area contributed by atoms with Crippen molar-refractivity contribution >= 4 is 44.3 Å². The molecule has 0 bridgehead atoms. The van der Waals surface area contributed by atoms with Gasteiger partial charge >= 0.3 is 0 Å². The fourth-order valence-electron chi connectivity index (χ4n) is 3.08.